The number of H-pyrrole nitrogens is 1. The maximum Gasteiger partial charge on any atom is 0.251 e. The molecule has 2 N–H and O–H groups in total. The highest BCUT2D eigenvalue weighted by Gasteiger charge is 2.16. The Kier molecular flexibility index (Phi) is 6.44. The molecule has 172 valence electrons. The van der Waals surface area contributed by atoms with Crippen LogP contribution in [0.3, 0.4) is 0 Å². The second-order valence-corrected chi connectivity index (χ2v) is 8.12. The van der Waals surface area contributed by atoms with Gasteiger partial charge in [-0.3, -0.25) is 9.78 Å². The van der Waals surface area contributed by atoms with Crippen LogP contribution in [-0.4, -0.2) is 27.4 Å². The molecule has 0 aliphatic rings. The zero-order chi connectivity index (χ0) is 24.0. The van der Waals surface area contributed by atoms with E-state index in [-0.39, 0.29) is 11.7 Å². The van der Waals surface area contributed by atoms with Gasteiger partial charge in [0, 0.05) is 41.2 Å². The van der Waals surface area contributed by atoms with Crippen LogP contribution in [0, 0.1) is 5.82 Å². The second kappa shape index (κ2) is 10.1. The van der Waals surface area contributed by atoms with Crippen LogP contribution in [0.4, 0.5) is 4.39 Å². The lowest BCUT2D eigenvalue weighted by Gasteiger charge is -2.06. The average Bonchev–Trinajstić information content (AvgIpc) is 3.36. The summed E-state index contributed by atoms with van der Waals surface area (Å²) in [6, 6.07) is 27.4. The predicted molar refractivity (Wildman–Crippen MR) is 135 cm³/mol. The maximum absolute atomic E-state index is 13.5. The second-order valence-electron chi connectivity index (χ2n) is 8.12. The normalized spacial score (nSPS) is 10.8. The largest absolute Gasteiger partial charge is 0.352 e. The molecular weight excluding hydrogens is 439 g/mol. The number of carbonyl (C=O) groups excluding carboxylic acids is 1. The smallest absolute Gasteiger partial charge is 0.251 e. The molecule has 2 aromatic heterocycles. The van der Waals surface area contributed by atoms with Crippen LogP contribution in [0.15, 0.2) is 103 Å². The zero-order valence-corrected chi connectivity index (χ0v) is 18.9. The van der Waals surface area contributed by atoms with Crippen molar-refractivity contribution in [3.05, 3.63) is 120 Å². The maximum atomic E-state index is 13.5. The van der Waals surface area contributed by atoms with Crippen LogP contribution in [0.1, 0.15) is 15.9 Å². The Labute approximate surface area is 202 Å². The van der Waals surface area contributed by atoms with E-state index in [0.29, 0.717) is 23.6 Å². The molecule has 0 unspecified atom stereocenters. The molecule has 0 spiro atoms. The third kappa shape index (κ3) is 5.17. The monoisotopic (exact) mass is 462 g/mol. The Balaban J connectivity index is 1.37. The van der Waals surface area contributed by atoms with Gasteiger partial charge in [-0.15, -0.1) is 0 Å². The topological polar surface area (TPSA) is 70.7 Å². The van der Waals surface area contributed by atoms with Gasteiger partial charge in [-0.1, -0.05) is 42.5 Å². The molecule has 0 bridgehead atoms. The van der Waals surface area contributed by atoms with Crippen molar-refractivity contribution in [3.8, 4) is 33.9 Å². The molecule has 35 heavy (non-hydrogen) atoms. The fourth-order valence-corrected chi connectivity index (χ4v) is 3.90. The summed E-state index contributed by atoms with van der Waals surface area (Å²) in [5.41, 5.74) is 5.87. The quantitative estimate of drug-likeness (QED) is 0.316. The van der Waals surface area contributed by atoms with Gasteiger partial charge < -0.3 is 10.3 Å². The van der Waals surface area contributed by atoms with Crippen LogP contribution in [0.25, 0.3) is 33.9 Å². The number of rotatable bonds is 7. The molecule has 0 fully saturated rings. The van der Waals surface area contributed by atoms with E-state index in [0.717, 1.165) is 28.8 Å². The summed E-state index contributed by atoms with van der Waals surface area (Å²) in [4.78, 5) is 24.9. The SMILES string of the molecule is O=C(NCCc1ccccc1)c1ccc(-c2nc(-c3ccc(F)cc3)c(-c3ccncc3)[nH]2)cc1. The van der Waals surface area contributed by atoms with E-state index < -0.39 is 0 Å². The van der Waals surface area contributed by atoms with E-state index >= 15 is 0 Å². The fourth-order valence-electron chi connectivity index (χ4n) is 3.90. The zero-order valence-electron chi connectivity index (χ0n) is 18.9. The first kappa shape index (κ1) is 22.2. The molecule has 5 rings (SSSR count). The van der Waals surface area contributed by atoms with Gasteiger partial charge in [-0.2, -0.15) is 0 Å². The molecule has 0 aliphatic heterocycles. The Morgan fingerprint density at radius 2 is 1.49 bits per heavy atom. The van der Waals surface area contributed by atoms with Crippen LogP contribution in [-0.2, 0) is 6.42 Å². The van der Waals surface area contributed by atoms with Crippen LogP contribution >= 0.6 is 0 Å². The molecule has 0 atom stereocenters. The Morgan fingerprint density at radius 1 is 0.800 bits per heavy atom. The minimum Gasteiger partial charge on any atom is -0.352 e. The lowest BCUT2D eigenvalue weighted by Crippen LogP contribution is -2.25. The number of amides is 1. The van der Waals surface area contributed by atoms with Crippen molar-refractivity contribution >= 4 is 5.91 Å². The van der Waals surface area contributed by atoms with Crippen molar-refractivity contribution in [2.45, 2.75) is 6.42 Å². The highest BCUT2D eigenvalue weighted by atomic mass is 19.1. The summed E-state index contributed by atoms with van der Waals surface area (Å²) in [7, 11) is 0. The third-order valence-corrected chi connectivity index (χ3v) is 5.75. The van der Waals surface area contributed by atoms with E-state index in [2.05, 4.69) is 15.3 Å². The standard InChI is InChI=1S/C29H23FN4O/c30-25-12-10-21(11-13-25)26-27(22-15-17-31-18-16-22)34-28(33-26)23-6-8-24(9-7-23)29(35)32-19-14-20-4-2-1-3-5-20/h1-13,15-18H,14,19H2,(H,32,35)(H,33,34). The van der Waals surface area contributed by atoms with Crippen molar-refractivity contribution in [2.75, 3.05) is 6.54 Å². The summed E-state index contributed by atoms with van der Waals surface area (Å²) in [6.45, 7) is 0.569. The van der Waals surface area contributed by atoms with Crippen molar-refractivity contribution in [1.29, 1.82) is 0 Å². The van der Waals surface area contributed by atoms with Gasteiger partial charge in [-0.05, 0) is 60.5 Å². The Morgan fingerprint density at radius 3 is 2.20 bits per heavy atom. The molecule has 3 aromatic carbocycles. The Hall–Kier alpha value is -4.58. The van der Waals surface area contributed by atoms with Crippen molar-refractivity contribution in [3.63, 3.8) is 0 Å². The first-order chi connectivity index (χ1) is 17.2. The molecule has 0 saturated heterocycles. The van der Waals surface area contributed by atoms with Crippen LogP contribution in [0.2, 0.25) is 0 Å². The van der Waals surface area contributed by atoms with E-state index in [1.807, 2.05) is 54.6 Å². The summed E-state index contributed by atoms with van der Waals surface area (Å²) in [5, 5.41) is 2.97. The Bertz CT molecular complexity index is 1410. The number of carbonyl (C=O) groups is 1. The minimum atomic E-state index is -0.299. The number of aromatic nitrogens is 3. The van der Waals surface area contributed by atoms with E-state index in [1.54, 1.807) is 36.7 Å². The van der Waals surface area contributed by atoms with E-state index in [1.165, 1.54) is 17.7 Å². The van der Waals surface area contributed by atoms with Crippen molar-refractivity contribution in [2.24, 2.45) is 0 Å². The van der Waals surface area contributed by atoms with Crippen molar-refractivity contribution < 1.29 is 9.18 Å². The molecule has 5 aromatic rings. The van der Waals surface area contributed by atoms with Crippen molar-refractivity contribution in [1.82, 2.24) is 20.3 Å². The number of hydrogen-bond donors (Lipinski definition) is 2. The first-order valence-corrected chi connectivity index (χ1v) is 11.4. The summed E-state index contributed by atoms with van der Waals surface area (Å²) in [5.74, 6) is 0.246. The van der Waals surface area contributed by atoms with Crippen LogP contribution < -0.4 is 5.32 Å². The van der Waals surface area contributed by atoms with Gasteiger partial charge in [0.2, 0.25) is 0 Å². The summed E-state index contributed by atoms with van der Waals surface area (Å²) in [6.07, 6.45) is 4.21. The van der Waals surface area contributed by atoms with E-state index in [9.17, 15) is 9.18 Å². The number of pyridine rings is 1. The van der Waals surface area contributed by atoms with E-state index in [4.69, 9.17) is 4.98 Å². The van der Waals surface area contributed by atoms with Gasteiger partial charge in [0.15, 0.2) is 0 Å². The van der Waals surface area contributed by atoms with Gasteiger partial charge in [0.25, 0.3) is 5.91 Å². The number of hydrogen-bond acceptors (Lipinski definition) is 3. The lowest BCUT2D eigenvalue weighted by molar-refractivity contribution is 0.0954. The first-order valence-electron chi connectivity index (χ1n) is 11.4. The molecule has 5 nitrogen and oxygen atoms in total. The predicted octanol–water partition coefficient (Wildman–Crippen LogP) is 5.92. The molecule has 2 heterocycles. The minimum absolute atomic E-state index is 0.114. The molecule has 6 heteroatoms. The highest BCUT2D eigenvalue weighted by molar-refractivity contribution is 5.94. The molecule has 0 radical (unpaired) electrons. The summed E-state index contributed by atoms with van der Waals surface area (Å²) >= 11 is 0. The lowest BCUT2D eigenvalue weighted by atomic mass is 10.1. The van der Waals surface area contributed by atoms with Gasteiger partial charge >= 0.3 is 0 Å². The van der Waals surface area contributed by atoms with Crippen LogP contribution in [0.5, 0.6) is 0 Å². The number of nitrogens with zero attached hydrogens (tertiary/aromatic N) is 2. The average molecular weight is 463 g/mol. The fraction of sp³-hybridized carbons (Fsp3) is 0.0690. The molecular formula is C29H23FN4O. The summed E-state index contributed by atoms with van der Waals surface area (Å²) < 4.78 is 13.5. The molecule has 1 amide bonds. The van der Waals surface area contributed by atoms with Gasteiger partial charge in [0.05, 0.1) is 11.4 Å². The number of imidazole rings is 1. The van der Waals surface area contributed by atoms with Gasteiger partial charge in [-0.25, -0.2) is 9.37 Å². The third-order valence-electron chi connectivity index (χ3n) is 5.75. The van der Waals surface area contributed by atoms with Gasteiger partial charge in [0.1, 0.15) is 11.6 Å². The number of benzene rings is 3. The number of halogens is 1. The number of aromatic amines is 1. The molecule has 0 aliphatic carbocycles. The number of nitrogens with one attached hydrogen (secondary N) is 2. The highest BCUT2D eigenvalue weighted by Crippen LogP contribution is 2.33. The molecule has 0 saturated carbocycles.